The van der Waals surface area contributed by atoms with Gasteiger partial charge < -0.3 is 0 Å². The lowest BCUT2D eigenvalue weighted by Gasteiger charge is -2.19. The molecule has 0 radical (unpaired) electrons. The SMILES string of the molecule is CCN(CC)S(=O)(=O)CC(C)C. The highest BCUT2D eigenvalue weighted by Gasteiger charge is 2.19. The Balaban J connectivity index is 4.38. The number of sulfonamides is 1. The van der Waals surface area contributed by atoms with Crippen LogP contribution >= 0.6 is 0 Å². The Labute approximate surface area is 75.8 Å². The Morgan fingerprint density at radius 1 is 1.17 bits per heavy atom. The minimum Gasteiger partial charge on any atom is -0.212 e. The van der Waals surface area contributed by atoms with Gasteiger partial charge in [-0.1, -0.05) is 27.7 Å². The van der Waals surface area contributed by atoms with Crippen LogP contribution < -0.4 is 0 Å². The van der Waals surface area contributed by atoms with Gasteiger partial charge in [0.25, 0.3) is 0 Å². The van der Waals surface area contributed by atoms with Crippen LogP contribution in [0.5, 0.6) is 0 Å². The zero-order chi connectivity index (χ0) is 9.78. The summed E-state index contributed by atoms with van der Waals surface area (Å²) < 4.78 is 24.6. The van der Waals surface area contributed by atoms with Crippen LogP contribution in [0, 0.1) is 5.92 Å². The maximum Gasteiger partial charge on any atom is 0.214 e. The quantitative estimate of drug-likeness (QED) is 0.660. The normalized spacial score (nSPS) is 12.8. The molecule has 0 saturated carbocycles. The van der Waals surface area contributed by atoms with Crippen molar-refractivity contribution in [2.75, 3.05) is 18.8 Å². The van der Waals surface area contributed by atoms with E-state index in [2.05, 4.69) is 0 Å². The summed E-state index contributed by atoms with van der Waals surface area (Å²) in [6.07, 6.45) is 0. The van der Waals surface area contributed by atoms with Gasteiger partial charge >= 0.3 is 0 Å². The molecule has 0 aromatic rings. The van der Waals surface area contributed by atoms with Crippen LogP contribution in [-0.2, 0) is 10.0 Å². The van der Waals surface area contributed by atoms with Crippen LogP contribution in [0.3, 0.4) is 0 Å². The van der Waals surface area contributed by atoms with E-state index < -0.39 is 10.0 Å². The average molecular weight is 193 g/mol. The van der Waals surface area contributed by atoms with Crippen molar-refractivity contribution in [3.05, 3.63) is 0 Å². The van der Waals surface area contributed by atoms with E-state index in [0.29, 0.717) is 13.1 Å². The molecule has 0 aliphatic heterocycles. The lowest BCUT2D eigenvalue weighted by molar-refractivity contribution is 0.439. The van der Waals surface area contributed by atoms with Gasteiger partial charge in [0.2, 0.25) is 10.0 Å². The van der Waals surface area contributed by atoms with E-state index in [1.54, 1.807) is 0 Å². The van der Waals surface area contributed by atoms with E-state index in [4.69, 9.17) is 0 Å². The standard InChI is InChI=1S/C8H19NO2S/c1-5-9(6-2)12(10,11)7-8(3)4/h8H,5-7H2,1-4H3. The van der Waals surface area contributed by atoms with E-state index in [1.807, 2.05) is 27.7 Å². The molecule has 0 aromatic carbocycles. The third kappa shape index (κ3) is 3.54. The molecule has 0 N–H and O–H groups in total. The Bertz CT molecular complexity index is 205. The molecule has 12 heavy (non-hydrogen) atoms. The van der Waals surface area contributed by atoms with Crippen LogP contribution in [-0.4, -0.2) is 31.6 Å². The highest BCUT2D eigenvalue weighted by Crippen LogP contribution is 2.05. The molecule has 74 valence electrons. The largest absolute Gasteiger partial charge is 0.214 e. The van der Waals surface area contributed by atoms with Crippen LogP contribution in [0.4, 0.5) is 0 Å². The van der Waals surface area contributed by atoms with Crippen LogP contribution in [0.15, 0.2) is 0 Å². The summed E-state index contributed by atoms with van der Waals surface area (Å²) in [6.45, 7) is 8.71. The molecule has 0 heterocycles. The second kappa shape index (κ2) is 4.82. The smallest absolute Gasteiger partial charge is 0.212 e. The third-order valence-electron chi connectivity index (χ3n) is 1.64. The summed E-state index contributed by atoms with van der Waals surface area (Å²) in [6, 6.07) is 0. The molecule has 0 spiro atoms. The van der Waals surface area contributed by atoms with Gasteiger partial charge in [-0.2, -0.15) is 0 Å². The van der Waals surface area contributed by atoms with E-state index in [1.165, 1.54) is 4.31 Å². The van der Waals surface area contributed by atoms with Gasteiger partial charge in [-0.3, -0.25) is 0 Å². The Morgan fingerprint density at radius 2 is 1.58 bits per heavy atom. The fraction of sp³-hybridized carbons (Fsp3) is 1.00. The van der Waals surface area contributed by atoms with E-state index in [9.17, 15) is 8.42 Å². The summed E-state index contributed by atoms with van der Waals surface area (Å²) in [5.41, 5.74) is 0. The maximum absolute atomic E-state index is 11.5. The zero-order valence-electron chi connectivity index (χ0n) is 8.37. The molecule has 0 rings (SSSR count). The van der Waals surface area contributed by atoms with Gasteiger partial charge in [0.15, 0.2) is 0 Å². The predicted octanol–water partition coefficient (Wildman–Crippen LogP) is 1.31. The molecule has 0 unspecified atom stereocenters. The summed E-state index contributed by atoms with van der Waals surface area (Å²) in [5, 5.41) is 0. The molecule has 0 atom stereocenters. The topological polar surface area (TPSA) is 37.4 Å². The third-order valence-corrected chi connectivity index (χ3v) is 4.03. The van der Waals surface area contributed by atoms with Gasteiger partial charge in [0, 0.05) is 13.1 Å². The van der Waals surface area contributed by atoms with Gasteiger partial charge in [-0.25, -0.2) is 12.7 Å². The maximum atomic E-state index is 11.5. The Hall–Kier alpha value is -0.0900. The summed E-state index contributed by atoms with van der Waals surface area (Å²) in [4.78, 5) is 0. The molecule has 0 aromatic heterocycles. The lowest BCUT2D eigenvalue weighted by atomic mass is 10.3. The summed E-state index contributed by atoms with van der Waals surface area (Å²) in [7, 11) is -2.99. The molecule has 0 aliphatic rings. The van der Waals surface area contributed by atoms with Crippen LogP contribution in [0.2, 0.25) is 0 Å². The van der Waals surface area contributed by atoms with Gasteiger partial charge in [0.1, 0.15) is 0 Å². The van der Waals surface area contributed by atoms with Crippen molar-refractivity contribution in [2.45, 2.75) is 27.7 Å². The molecular formula is C8H19NO2S. The highest BCUT2D eigenvalue weighted by atomic mass is 32.2. The fourth-order valence-corrected chi connectivity index (χ4v) is 2.98. The number of nitrogens with zero attached hydrogens (tertiary/aromatic N) is 1. The number of rotatable bonds is 5. The van der Waals surface area contributed by atoms with E-state index in [0.717, 1.165) is 0 Å². The van der Waals surface area contributed by atoms with E-state index >= 15 is 0 Å². The second-order valence-electron chi connectivity index (χ2n) is 3.26. The highest BCUT2D eigenvalue weighted by molar-refractivity contribution is 7.89. The van der Waals surface area contributed by atoms with Gasteiger partial charge in [-0.05, 0) is 5.92 Å². The lowest BCUT2D eigenvalue weighted by Crippen LogP contribution is -2.34. The summed E-state index contributed by atoms with van der Waals surface area (Å²) in [5.74, 6) is 0.463. The molecule has 0 saturated heterocycles. The molecule has 0 fully saturated rings. The van der Waals surface area contributed by atoms with Crippen molar-refractivity contribution in [2.24, 2.45) is 5.92 Å². The average Bonchev–Trinajstić information content (AvgIpc) is 1.85. The number of hydrogen-bond donors (Lipinski definition) is 0. The molecule has 0 bridgehead atoms. The minimum atomic E-state index is -2.99. The molecule has 0 aliphatic carbocycles. The second-order valence-corrected chi connectivity index (χ2v) is 5.27. The molecule has 0 amide bonds. The minimum absolute atomic E-state index is 0.204. The van der Waals surface area contributed by atoms with Gasteiger partial charge in [0.05, 0.1) is 5.75 Å². The molecule has 3 nitrogen and oxygen atoms in total. The number of hydrogen-bond acceptors (Lipinski definition) is 2. The van der Waals surface area contributed by atoms with Crippen molar-refractivity contribution < 1.29 is 8.42 Å². The first-order valence-corrected chi connectivity index (χ1v) is 6.02. The monoisotopic (exact) mass is 193 g/mol. The van der Waals surface area contributed by atoms with Crippen molar-refractivity contribution >= 4 is 10.0 Å². The Kier molecular flexibility index (Phi) is 4.78. The molecule has 4 heteroatoms. The van der Waals surface area contributed by atoms with Crippen LogP contribution in [0.1, 0.15) is 27.7 Å². The Morgan fingerprint density at radius 3 is 1.83 bits per heavy atom. The van der Waals surface area contributed by atoms with Crippen molar-refractivity contribution in [3.63, 3.8) is 0 Å². The zero-order valence-corrected chi connectivity index (χ0v) is 9.19. The van der Waals surface area contributed by atoms with Crippen molar-refractivity contribution in [3.8, 4) is 0 Å². The first-order chi connectivity index (χ1) is 5.44. The fourth-order valence-electron chi connectivity index (χ4n) is 1.14. The van der Waals surface area contributed by atoms with Crippen LogP contribution in [0.25, 0.3) is 0 Å². The predicted molar refractivity (Wildman–Crippen MR) is 51.5 cm³/mol. The van der Waals surface area contributed by atoms with Crippen molar-refractivity contribution in [1.82, 2.24) is 4.31 Å². The van der Waals surface area contributed by atoms with E-state index in [-0.39, 0.29) is 11.7 Å². The molecular weight excluding hydrogens is 174 g/mol. The summed E-state index contributed by atoms with van der Waals surface area (Å²) >= 11 is 0. The first-order valence-electron chi connectivity index (χ1n) is 4.41. The van der Waals surface area contributed by atoms with Gasteiger partial charge in [-0.15, -0.1) is 0 Å². The van der Waals surface area contributed by atoms with Crippen molar-refractivity contribution in [1.29, 1.82) is 0 Å². The first kappa shape index (κ1) is 11.9.